The Bertz CT molecular complexity index is 1440. The van der Waals surface area contributed by atoms with Crippen LogP contribution in [0.15, 0.2) is 127 Å². The van der Waals surface area contributed by atoms with Gasteiger partial charge in [0.25, 0.3) is 0 Å². The molecule has 0 atom stereocenters. The first kappa shape index (κ1) is 19.5. The Balaban J connectivity index is 1.45. The Kier molecular flexibility index (Phi) is 4.97. The summed E-state index contributed by atoms with van der Waals surface area (Å²) in [5.74, 6) is 0. The maximum atomic E-state index is 2.38. The normalized spacial score (nSPS) is 12.3. The lowest BCUT2D eigenvalue weighted by Gasteiger charge is -2.11. The van der Waals surface area contributed by atoms with Crippen LogP contribution in [-0.2, 0) is 6.42 Å². The van der Waals surface area contributed by atoms with Crippen LogP contribution in [0.3, 0.4) is 0 Å². The highest BCUT2D eigenvalue weighted by molar-refractivity contribution is 5.93. The van der Waals surface area contributed by atoms with E-state index in [4.69, 9.17) is 0 Å². The number of rotatable bonds is 3. The number of fused-ring (bicyclic) bond motifs is 3. The van der Waals surface area contributed by atoms with Crippen LogP contribution in [0.1, 0.15) is 16.7 Å². The van der Waals surface area contributed by atoms with E-state index in [-0.39, 0.29) is 0 Å². The standard InChI is InChI=1S/C33H24/c1-3-9-24(10-4-1)26-15-17-27(18-16-26)31-21-29-13-7-8-14-32(29)33-23-28(19-20-30(33)22-31)25-11-5-2-6-12-25/h1-20,22-23H,21H2. The number of hydrogen-bond acceptors (Lipinski definition) is 0. The average molecular weight is 421 g/mol. The first-order valence-electron chi connectivity index (χ1n) is 11.5. The third-order valence-corrected chi connectivity index (χ3v) is 6.54. The van der Waals surface area contributed by atoms with Crippen LogP contribution in [0.25, 0.3) is 45.0 Å². The number of allylic oxidation sites excluding steroid dienone is 1. The van der Waals surface area contributed by atoms with Gasteiger partial charge in [0.1, 0.15) is 0 Å². The monoisotopic (exact) mass is 420 g/mol. The van der Waals surface area contributed by atoms with E-state index in [1.165, 1.54) is 55.6 Å². The molecule has 0 aliphatic heterocycles. The minimum absolute atomic E-state index is 0.927. The molecule has 1 aliphatic rings. The molecule has 0 spiro atoms. The Hall–Kier alpha value is -4.16. The number of benzene rings is 5. The summed E-state index contributed by atoms with van der Waals surface area (Å²) in [7, 11) is 0. The fourth-order valence-corrected chi connectivity index (χ4v) is 4.80. The van der Waals surface area contributed by atoms with Crippen LogP contribution in [0.5, 0.6) is 0 Å². The second-order valence-corrected chi connectivity index (χ2v) is 8.61. The highest BCUT2D eigenvalue weighted by atomic mass is 14.2. The topological polar surface area (TPSA) is 0 Å². The van der Waals surface area contributed by atoms with E-state index in [9.17, 15) is 0 Å². The lowest BCUT2D eigenvalue weighted by molar-refractivity contribution is 1.30. The summed E-state index contributed by atoms with van der Waals surface area (Å²) in [5.41, 5.74) is 12.9. The van der Waals surface area contributed by atoms with Crippen LogP contribution < -0.4 is 0 Å². The third kappa shape index (κ3) is 3.81. The molecule has 0 saturated heterocycles. The Morgan fingerprint density at radius 3 is 1.67 bits per heavy atom. The van der Waals surface area contributed by atoms with Gasteiger partial charge in [0, 0.05) is 0 Å². The first-order valence-corrected chi connectivity index (χ1v) is 11.5. The molecule has 156 valence electrons. The van der Waals surface area contributed by atoms with Gasteiger partial charge in [-0.25, -0.2) is 0 Å². The molecule has 0 N–H and O–H groups in total. The molecular formula is C33H24. The smallest absolute Gasteiger partial charge is 0.00135 e. The first-order chi connectivity index (χ1) is 16.3. The van der Waals surface area contributed by atoms with Crippen molar-refractivity contribution in [2.45, 2.75) is 6.42 Å². The molecule has 0 saturated carbocycles. The van der Waals surface area contributed by atoms with Gasteiger partial charge < -0.3 is 0 Å². The molecule has 0 bridgehead atoms. The molecule has 0 fully saturated rings. The molecule has 0 heteroatoms. The summed E-state index contributed by atoms with van der Waals surface area (Å²) in [4.78, 5) is 0. The zero-order chi connectivity index (χ0) is 22.0. The van der Waals surface area contributed by atoms with Crippen molar-refractivity contribution >= 4 is 11.6 Å². The van der Waals surface area contributed by atoms with E-state index >= 15 is 0 Å². The van der Waals surface area contributed by atoms with Gasteiger partial charge >= 0.3 is 0 Å². The predicted molar refractivity (Wildman–Crippen MR) is 141 cm³/mol. The highest BCUT2D eigenvalue weighted by Gasteiger charge is 2.17. The molecule has 0 amide bonds. The molecule has 0 unspecified atom stereocenters. The summed E-state index contributed by atoms with van der Waals surface area (Å²) in [5, 5.41) is 0. The minimum Gasteiger partial charge on any atom is -0.0622 e. The van der Waals surface area contributed by atoms with Crippen molar-refractivity contribution in [2.75, 3.05) is 0 Å². The van der Waals surface area contributed by atoms with Crippen LogP contribution in [-0.4, -0.2) is 0 Å². The van der Waals surface area contributed by atoms with Crippen molar-refractivity contribution in [3.8, 4) is 33.4 Å². The van der Waals surface area contributed by atoms with E-state index in [1.54, 1.807) is 0 Å². The lowest BCUT2D eigenvalue weighted by Crippen LogP contribution is -1.92. The zero-order valence-corrected chi connectivity index (χ0v) is 18.4. The fraction of sp³-hybridized carbons (Fsp3) is 0.0303. The SMILES string of the molecule is C1=C(c2ccc(-c3ccccc3)cc2)Cc2ccccc2-c2cc(-c3ccccc3)ccc21. The van der Waals surface area contributed by atoms with Gasteiger partial charge in [-0.15, -0.1) is 0 Å². The minimum atomic E-state index is 0.927. The molecule has 33 heavy (non-hydrogen) atoms. The predicted octanol–water partition coefficient (Wildman–Crippen LogP) is 8.78. The molecule has 1 aliphatic carbocycles. The molecule has 0 nitrogen and oxygen atoms in total. The maximum Gasteiger partial charge on any atom is -0.00135 e. The van der Waals surface area contributed by atoms with Gasteiger partial charge in [-0.2, -0.15) is 0 Å². The van der Waals surface area contributed by atoms with Crippen LogP contribution in [0.4, 0.5) is 0 Å². The molecule has 0 heterocycles. The Morgan fingerprint density at radius 1 is 0.394 bits per heavy atom. The summed E-state index contributed by atoms with van der Waals surface area (Å²) in [6.07, 6.45) is 3.30. The van der Waals surface area contributed by atoms with Crippen molar-refractivity contribution in [1.82, 2.24) is 0 Å². The summed E-state index contributed by atoms with van der Waals surface area (Å²) < 4.78 is 0. The van der Waals surface area contributed by atoms with Gasteiger partial charge in [-0.05, 0) is 68.1 Å². The zero-order valence-electron chi connectivity index (χ0n) is 18.4. The van der Waals surface area contributed by atoms with Crippen LogP contribution in [0.2, 0.25) is 0 Å². The molecule has 0 aromatic heterocycles. The second-order valence-electron chi connectivity index (χ2n) is 8.61. The molecule has 6 rings (SSSR count). The molecule has 5 aromatic rings. The lowest BCUT2D eigenvalue weighted by atomic mass is 9.92. The molecule has 5 aromatic carbocycles. The van der Waals surface area contributed by atoms with E-state index in [0.29, 0.717) is 0 Å². The molecular weight excluding hydrogens is 396 g/mol. The summed E-state index contributed by atoms with van der Waals surface area (Å²) in [6.45, 7) is 0. The number of hydrogen-bond donors (Lipinski definition) is 0. The van der Waals surface area contributed by atoms with Crippen LogP contribution in [0, 0.1) is 0 Å². The quantitative estimate of drug-likeness (QED) is 0.273. The maximum absolute atomic E-state index is 2.38. The fourth-order valence-electron chi connectivity index (χ4n) is 4.80. The van der Waals surface area contributed by atoms with Gasteiger partial charge in [-0.1, -0.05) is 127 Å². The van der Waals surface area contributed by atoms with Gasteiger partial charge in [0.05, 0.1) is 0 Å². The summed E-state index contributed by atoms with van der Waals surface area (Å²) >= 11 is 0. The highest BCUT2D eigenvalue weighted by Crippen LogP contribution is 2.39. The van der Waals surface area contributed by atoms with Crippen molar-refractivity contribution in [1.29, 1.82) is 0 Å². The Morgan fingerprint density at radius 2 is 0.939 bits per heavy atom. The van der Waals surface area contributed by atoms with Gasteiger partial charge in [0.15, 0.2) is 0 Å². The van der Waals surface area contributed by atoms with Crippen molar-refractivity contribution in [3.63, 3.8) is 0 Å². The van der Waals surface area contributed by atoms with Gasteiger partial charge in [-0.3, -0.25) is 0 Å². The van der Waals surface area contributed by atoms with Crippen molar-refractivity contribution in [2.24, 2.45) is 0 Å². The van der Waals surface area contributed by atoms with E-state index in [0.717, 1.165) is 6.42 Å². The van der Waals surface area contributed by atoms with E-state index in [1.807, 2.05) is 0 Å². The second kappa shape index (κ2) is 8.41. The van der Waals surface area contributed by atoms with Gasteiger partial charge in [0.2, 0.25) is 0 Å². The van der Waals surface area contributed by atoms with Crippen LogP contribution >= 0.6 is 0 Å². The molecule has 0 radical (unpaired) electrons. The van der Waals surface area contributed by atoms with E-state index < -0.39 is 0 Å². The van der Waals surface area contributed by atoms with Crippen molar-refractivity contribution < 1.29 is 0 Å². The largest absolute Gasteiger partial charge is 0.0622 e. The summed E-state index contributed by atoms with van der Waals surface area (Å²) in [6, 6.07) is 45.9. The average Bonchev–Trinajstić information content (AvgIpc) is 3.06. The third-order valence-electron chi connectivity index (χ3n) is 6.54. The van der Waals surface area contributed by atoms with E-state index in [2.05, 4.69) is 133 Å². The van der Waals surface area contributed by atoms with Crippen molar-refractivity contribution in [3.05, 3.63) is 144 Å². The Labute approximate surface area is 195 Å².